The topological polar surface area (TPSA) is 50.4 Å². The van der Waals surface area contributed by atoms with Crippen LogP contribution in [0.1, 0.15) is 24.8 Å². The van der Waals surface area contributed by atoms with Crippen LogP contribution in [0.5, 0.6) is 0 Å². The fourth-order valence-electron chi connectivity index (χ4n) is 2.37. The van der Waals surface area contributed by atoms with Crippen LogP contribution in [-0.4, -0.2) is 32.2 Å². The van der Waals surface area contributed by atoms with Crippen molar-refractivity contribution in [3.63, 3.8) is 0 Å². The van der Waals surface area contributed by atoms with Crippen LogP contribution in [0.3, 0.4) is 0 Å². The number of para-hydroxylation sites is 1. The predicted molar refractivity (Wildman–Crippen MR) is 76.3 cm³/mol. The number of amides is 1. The largest absolute Gasteiger partial charge is 0.384 e. The Balaban J connectivity index is 1.99. The molecule has 0 spiro atoms. The van der Waals surface area contributed by atoms with Gasteiger partial charge in [0, 0.05) is 12.8 Å². The number of ether oxygens (including phenoxy) is 1. The highest BCUT2D eigenvalue weighted by Gasteiger charge is 2.20. The SMILES string of the molecule is COCCc1ccccc1NC(=O)C1CCCCN1. The Bertz CT molecular complexity index is 414. The van der Waals surface area contributed by atoms with E-state index in [2.05, 4.69) is 10.6 Å². The number of piperidine rings is 1. The van der Waals surface area contributed by atoms with Gasteiger partial charge < -0.3 is 15.4 Å². The summed E-state index contributed by atoms with van der Waals surface area (Å²) in [7, 11) is 1.69. The lowest BCUT2D eigenvalue weighted by Crippen LogP contribution is -2.43. The number of rotatable bonds is 5. The van der Waals surface area contributed by atoms with E-state index in [9.17, 15) is 4.79 Å². The van der Waals surface area contributed by atoms with Gasteiger partial charge in [0.1, 0.15) is 0 Å². The Morgan fingerprint density at radius 1 is 1.42 bits per heavy atom. The van der Waals surface area contributed by atoms with E-state index in [1.807, 2.05) is 24.3 Å². The predicted octanol–water partition coefficient (Wildman–Crippen LogP) is 1.96. The third kappa shape index (κ3) is 4.04. The summed E-state index contributed by atoms with van der Waals surface area (Å²) in [5.41, 5.74) is 2.02. The van der Waals surface area contributed by atoms with E-state index in [-0.39, 0.29) is 11.9 Å². The van der Waals surface area contributed by atoms with Crippen molar-refractivity contribution >= 4 is 11.6 Å². The summed E-state index contributed by atoms with van der Waals surface area (Å²) in [6, 6.07) is 7.86. The number of hydrogen-bond donors (Lipinski definition) is 2. The van der Waals surface area contributed by atoms with Crippen molar-refractivity contribution in [1.29, 1.82) is 0 Å². The molecule has 1 amide bonds. The Morgan fingerprint density at radius 3 is 3.00 bits per heavy atom. The van der Waals surface area contributed by atoms with Crippen LogP contribution < -0.4 is 10.6 Å². The quantitative estimate of drug-likeness (QED) is 0.853. The molecule has 1 unspecified atom stereocenters. The molecule has 1 heterocycles. The molecule has 1 atom stereocenters. The van der Waals surface area contributed by atoms with Crippen LogP contribution in [0.2, 0.25) is 0 Å². The molecule has 2 N–H and O–H groups in total. The molecular weight excluding hydrogens is 240 g/mol. The van der Waals surface area contributed by atoms with Crippen LogP contribution in [0, 0.1) is 0 Å². The monoisotopic (exact) mass is 262 g/mol. The first-order valence-electron chi connectivity index (χ1n) is 6.92. The van der Waals surface area contributed by atoms with E-state index in [4.69, 9.17) is 4.74 Å². The first kappa shape index (κ1) is 14.0. The third-order valence-electron chi connectivity index (χ3n) is 3.48. The van der Waals surface area contributed by atoms with Crippen LogP contribution in [0.15, 0.2) is 24.3 Å². The summed E-state index contributed by atoms with van der Waals surface area (Å²) in [5, 5.41) is 6.30. The van der Waals surface area contributed by atoms with Gasteiger partial charge >= 0.3 is 0 Å². The van der Waals surface area contributed by atoms with Crippen LogP contribution in [0.4, 0.5) is 5.69 Å². The highest BCUT2D eigenvalue weighted by molar-refractivity contribution is 5.95. The van der Waals surface area contributed by atoms with Crippen molar-refractivity contribution in [3.05, 3.63) is 29.8 Å². The highest BCUT2D eigenvalue weighted by Crippen LogP contribution is 2.17. The summed E-state index contributed by atoms with van der Waals surface area (Å²) in [6.45, 7) is 1.60. The molecule has 0 bridgehead atoms. The third-order valence-corrected chi connectivity index (χ3v) is 3.48. The Labute approximate surface area is 114 Å². The van der Waals surface area contributed by atoms with Crippen molar-refractivity contribution < 1.29 is 9.53 Å². The lowest BCUT2D eigenvalue weighted by atomic mass is 10.0. The molecule has 4 heteroatoms. The molecule has 0 radical (unpaired) electrons. The molecule has 1 aromatic carbocycles. The standard InChI is InChI=1S/C15H22N2O2/c1-19-11-9-12-6-2-3-7-13(12)17-15(18)14-8-4-5-10-16-14/h2-3,6-7,14,16H,4-5,8-11H2,1H3,(H,17,18). The minimum absolute atomic E-state index is 0.0516. The van der Waals surface area contributed by atoms with Crippen molar-refractivity contribution in [3.8, 4) is 0 Å². The van der Waals surface area contributed by atoms with Crippen LogP contribution in [0.25, 0.3) is 0 Å². The molecule has 1 saturated heterocycles. The number of nitrogens with one attached hydrogen (secondary N) is 2. The molecule has 4 nitrogen and oxygen atoms in total. The molecule has 1 aromatic rings. The van der Waals surface area contributed by atoms with E-state index in [1.165, 1.54) is 0 Å². The molecule has 0 aromatic heterocycles. The van der Waals surface area contributed by atoms with Crippen molar-refractivity contribution in [2.45, 2.75) is 31.7 Å². The number of anilines is 1. The zero-order valence-electron chi connectivity index (χ0n) is 11.4. The van der Waals surface area contributed by atoms with Gasteiger partial charge in [-0.3, -0.25) is 4.79 Å². The first-order chi connectivity index (χ1) is 9.31. The maximum absolute atomic E-state index is 12.2. The summed E-state index contributed by atoms with van der Waals surface area (Å²) in [6.07, 6.45) is 4.02. The van der Waals surface area contributed by atoms with Crippen LogP contribution >= 0.6 is 0 Å². The Morgan fingerprint density at radius 2 is 2.26 bits per heavy atom. The minimum atomic E-state index is -0.0516. The van der Waals surface area contributed by atoms with E-state index in [0.29, 0.717) is 6.61 Å². The lowest BCUT2D eigenvalue weighted by molar-refractivity contribution is -0.118. The summed E-state index contributed by atoms with van der Waals surface area (Å²) < 4.78 is 5.10. The molecule has 104 valence electrons. The maximum Gasteiger partial charge on any atom is 0.241 e. The number of methoxy groups -OCH3 is 1. The van der Waals surface area contributed by atoms with Gasteiger partial charge in [-0.2, -0.15) is 0 Å². The van der Waals surface area contributed by atoms with Gasteiger partial charge in [-0.15, -0.1) is 0 Å². The molecule has 19 heavy (non-hydrogen) atoms. The summed E-state index contributed by atoms with van der Waals surface area (Å²) in [5.74, 6) is 0.0737. The van der Waals surface area contributed by atoms with E-state index < -0.39 is 0 Å². The van der Waals surface area contributed by atoms with Crippen molar-refractivity contribution in [2.75, 3.05) is 25.6 Å². The van der Waals surface area contributed by atoms with Gasteiger partial charge in [-0.1, -0.05) is 24.6 Å². The first-order valence-corrected chi connectivity index (χ1v) is 6.92. The van der Waals surface area contributed by atoms with Gasteiger partial charge in [-0.25, -0.2) is 0 Å². The molecule has 0 saturated carbocycles. The Kier molecular flexibility index (Phi) is 5.36. The maximum atomic E-state index is 12.2. The summed E-state index contributed by atoms with van der Waals surface area (Å²) >= 11 is 0. The number of carbonyl (C=O) groups is 1. The normalized spacial score (nSPS) is 19.1. The average molecular weight is 262 g/mol. The second kappa shape index (κ2) is 7.26. The van der Waals surface area contributed by atoms with Gasteiger partial charge in [0.2, 0.25) is 5.91 Å². The molecule has 1 aliphatic heterocycles. The number of carbonyl (C=O) groups excluding carboxylic acids is 1. The molecule has 0 aliphatic carbocycles. The smallest absolute Gasteiger partial charge is 0.241 e. The molecule has 1 fully saturated rings. The van der Waals surface area contributed by atoms with Gasteiger partial charge in [0.25, 0.3) is 0 Å². The number of benzene rings is 1. The van der Waals surface area contributed by atoms with Gasteiger partial charge in [-0.05, 0) is 37.4 Å². The van der Waals surface area contributed by atoms with E-state index >= 15 is 0 Å². The minimum Gasteiger partial charge on any atom is -0.384 e. The van der Waals surface area contributed by atoms with E-state index in [1.54, 1.807) is 7.11 Å². The second-order valence-corrected chi connectivity index (χ2v) is 4.89. The second-order valence-electron chi connectivity index (χ2n) is 4.89. The lowest BCUT2D eigenvalue weighted by Gasteiger charge is -2.23. The molecule has 1 aliphatic rings. The molecular formula is C15H22N2O2. The van der Waals surface area contributed by atoms with Crippen molar-refractivity contribution in [2.24, 2.45) is 0 Å². The molecule has 2 rings (SSSR count). The van der Waals surface area contributed by atoms with Crippen LogP contribution in [-0.2, 0) is 16.0 Å². The fourth-order valence-corrected chi connectivity index (χ4v) is 2.37. The zero-order valence-corrected chi connectivity index (χ0v) is 11.4. The fraction of sp³-hybridized carbons (Fsp3) is 0.533. The number of hydrogen-bond acceptors (Lipinski definition) is 3. The van der Waals surface area contributed by atoms with Crippen molar-refractivity contribution in [1.82, 2.24) is 5.32 Å². The average Bonchev–Trinajstić information content (AvgIpc) is 2.47. The summed E-state index contributed by atoms with van der Waals surface area (Å²) in [4.78, 5) is 12.2. The van der Waals surface area contributed by atoms with E-state index in [0.717, 1.165) is 43.5 Å². The van der Waals surface area contributed by atoms with Gasteiger partial charge in [0.05, 0.1) is 12.6 Å². The van der Waals surface area contributed by atoms with Gasteiger partial charge in [0.15, 0.2) is 0 Å². The highest BCUT2D eigenvalue weighted by atomic mass is 16.5. The zero-order chi connectivity index (χ0) is 13.5. The Hall–Kier alpha value is -1.39.